The summed E-state index contributed by atoms with van der Waals surface area (Å²) >= 11 is 0. The third-order valence-corrected chi connectivity index (χ3v) is 13.2. The largest absolute Gasteiger partial charge is 0.472 e. The maximum absolute atomic E-state index is 12.8. The molecule has 5 N–H and O–H groups in total. The van der Waals surface area contributed by atoms with Gasteiger partial charge in [-0.15, -0.1) is 0 Å². The molecule has 0 aromatic heterocycles. The molecule has 1 aromatic rings. The number of benzene rings is 1. The minimum atomic E-state index is -4.59. The highest BCUT2D eigenvalue weighted by molar-refractivity contribution is 7.47. The fraction of sp³-hybridized carbons (Fsp3) is 0.818. The fourth-order valence-electron chi connectivity index (χ4n) is 6.58. The molecule has 2 unspecified atom stereocenters. The fourth-order valence-corrected chi connectivity index (χ4v) is 8.31. The Morgan fingerprint density at radius 2 is 0.811 bits per heavy atom. The number of nitrogens with zero attached hydrogens (tertiary/aromatic N) is 1. The molecule has 0 saturated heterocycles. The van der Waals surface area contributed by atoms with Gasteiger partial charge >= 0.3 is 15.6 Å². The van der Waals surface area contributed by atoms with E-state index in [0.29, 0.717) is 84.4 Å². The van der Waals surface area contributed by atoms with E-state index < -0.39 is 46.5 Å². The lowest BCUT2D eigenvalue weighted by molar-refractivity contribution is -0.132. The van der Waals surface area contributed by atoms with Crippen LogP contribution in [0, 0.1) is 0 Å². The second-order valence-electron chi connectivity index (χ2n) is 18.5. The first-order valence-corrected chi connectivity index (χ1v) is 32.6. The number of oxime groups is 1. The van der Waals surface area contributed by atoms with Gasteiger partial charge < -0.3 is 111 Å². The summed E-state index contributed by atoms with van der Waals surface area (Å²) in [6.45, 7) is 4.35. The number of carbonyl (C=O) groups is 3. The van der Waals surface area contributed by atoms with Crippen LogP contribution in [0.1, 0.15) is 35.2 Å². The van der Waals surface area contributed by atoms with Crippen molar-refractivity contribution in [2.45, 2.75) is 37.6 Å². The van der Waals surface area contributed by atoms with Crippen molar-refractivity contribution in [2.24, 2.45) is 5.16 Å². The quantitative estimate of drug-likeness (QED) is 0.0263. The van der Waals surface area contributed by atoms with Gasteiger partial charge in [0.15, 0.2) is 0 Å². The highest BCUT2D eigenvalue weighted by Crippen LogP contribution is 2.45. The first-order chi connectivity index (χ1) is 43.8. The number of carbonyl (C=O) groups excluding carboxylic acids is 3. The lowest BCUT2D eigenvalue weighted by atomic mass is 10.1. The molecule has 526 valence electrons. The number of hydrogen-bond donors (Lipinski definition) is 5. The first kappa shape index (κ1) is 84.7. The molecular weight excluding hydrogens is 1240 g/mol. The van der Waals surface area contributed by atoms with Crippen molar-refractivity contribution in [3.8, 4) is 0 Å². The van der Waals surface area contributed by atoms with Crippen molar-refractivity contribution in [1.29, 1.82) is 0 Å². The number of unbranched alkanes of at least 4 members (excludes halogenated alkanes) is 1. The molecule has 0 radical (unpaired) electrons. The van der Waals surface area contributed by atoms with Gasteiger partial charge in [0.05, 0.1) is 204 Å². The summed E-state index contributed by atoms with van der Waals surface area (Å²) < 4.78 is 139. The van der Waals surface area contributed by atoms with Crippen LogP contribution in [0.5, 0.6) is 0 Å². The summed E-state index contributed by atoms with van der Waals surface area (Å²) in [7, 11) is -1.37. The molecule has 1 aromatic carbocycles. The lowest BCUT2D eigenvalue weighted by Gasteiger charge is -2.21. The Morgan fingerprint density at radius 1 is 0.456 bits per heavy atom. The Kier molecular flexibility index (Phi) is 57.0. The van der Waals surface area contributed by atoms with Crippen LogP contribution in [-0.2, 0) is 122 Å². The van der Waals surface area contributed by atoms with E-state index in [1.54, 1.807) is 59.8 Å². The van der Waals surface area contributed by atoms with E-state index in [9.17, 15) is 33.3 Å². The van der Waals surface area contributed by atoms with Crippen LogP contribution in [0.15, 0.2) is 29.4 Å². The molecule has 35 heteroatoms. The van der Waals surface area contributed by atoms with Crippen molar-refractivity contribution in [1.82, 2.24) is 16.0 Å². The van der Waals surface area contributed by atoms with Crippen LogP contribution in [0.4, 0.5) is 0 Å². The number of hydrogen-bond acceptors (Lipinski definition) is 28. The van der Waals surface area contributed by atoms with E-state index >= 15 is 0 Å². The number of nitrogens with one attached hydrogen (secondary N) is 3. The number of amides is 3. The molecular formula is C55H102N4O29P2. The second-order valence-corrected chi connectivity index (χ2v) is 21.3. The molecule has 0 bridgehead atoms. The van der Waals surface area contributed by atoms with Crippen LogP contribution in [-0.4, -0.2) is 312 Å². The molecule has 0 saturated carbocycles. The highest BCUT2D eigenvalue weighted by Gasteiger charge is 2.29. The van der Waals surface area contributed by atoms with E-state index in [4.69, 9.17) is 103 Å². The van der Waals surface area contributed by atoms with Gasteiger partial charge in [-0.25, -0.2) is 9.13 Å². The van der Waals surface area contributed by atoms with Crippen molar-refractivity contribution in [3.63, 3.8) is 0 Å². The summed E-state index contributed by atoms with van der Waals surface area (Å²) in [6.07, 6.45) is 0.124. The van der Waals surface area contributed by atoms with Crippen LogP contribution in [0.25, 0.3) is 0 Å². The topological polar surface area (TPSA) is 377 Å². The molecule has 0 heterocycles. The molecule has 0 fully saturated rings. The minimum Gasteiger partial charge on any atom is -0.396 e. The van der Waals surface area contributed by atoms with Crippen molar-refractivity contribution in [3.05, 3.63) is 35.4 Å². The average Bonchev–Trinajstić information content (AvgIpc) is 3.72. The monoisotopic (exact) mass is 1340 g/mol. The molecule has 2 atom stereocenters. The van der Waals surface area contributed by atoms with Gasteiger partial charge in [-0.3, -0.25) is 32.5 Å². The Morgan fingerprint density at radius 3 is 1.20 bits per heavy atom. The number of phosphoric acid groups is 2. The Hall–Kier alpha value is -3.36. The number of ether oxygens (including phenoxy) is 17. The smallest absolute Gasteiger partial charge is 0.396 e. The van der Waals surface area contributed by atoms with E-state index in [1.165, 1.54) is 6.21 Å². The summed E-state index contributed by atoms with van der Waals surface area (Å²) in [5.74, 6) is -0.941. The van der Waals surface area contributed by atoms with Gasteiger partial charge in [0.2, 0.25) is 11.8 Å². The zero-order chi connectivity index (χ0) is 65.7. The van der Waals surface area contributed by atoms with Gasteiger partial charge in [0, 0.05) is 60.6 Å². The molecule has 3 amide bonds. The van der Waals surface area contributed by atoms with Crippen LogP contribution >= 0.6 is 15.6 Å². The Labute approximate surface area is 528 Å². The van der Waals surface area contributed by atoms with Crippen molar-refractivity contribution in [2.75, 3.05) is 260 Å². The van der Waals surface area contributed by atoms with Gasteiger partial charge in [-0.2, -0.15) is 0 Å². The number of methoxy groups -OCH3 is 4. The van der Waals surface area contributed by atoms with Gasteiger partial charge in [0.1, 0.15) is 31.5 Å². The molecule has 1 rings (SSSR count). The Balaban J connectivity index is 2.64. The van der Waals surface area contributed by atoms with Gasteiger partial charge in [0.25, 0.3) is 5.91 Å². The normalized spacial score (nSPS) is 13.5. The SMILES string of the molecule is CNC(=O)c1ccc(/C=N\OCCCCNC(=O)CCNC(=O)COC(COCCOCCOP(=O)(O)OC(COCCOCCOC)COCCOCCOC)COCCOCCOP(=O)(O)OC(COCCOCCOC)COCCOCCOC)cc1. The number of phosphoric ester groups is 2. The van der Waals surface area contributed by atoms with Gasteiger partial charge in [-0.05, 0) is 30.5 Å². The van der Waals surface area contributed by atoms with E-state index in [1.807, 2.05) is 0 Å². The van der Waals surface area contributed by atoms with E-state index in [2.05, 4.69) is 21.1 Å². The predicted molar refractivity (Wildman–Crippen MR) is 322 cm³/mol. The third-order valence-electron chi connectivity index (χ3n) is 11.1. The van der Waals surface area contributed by atoms with Crippen LogP contribution < -0.4 is 16.0 Å². The summed E-state index contributed by atoms with van der Waals surface area (Å²) in [4.78, 5) is 63.1. The molecule has 90 heavy (non-hydrogen) atoms. The molecule has 33 nitrogen and oxygen atoms in total. The second kappa shape index (κ2) is 60.6. The minimum absolute atomic E-state index is 0.0235. The summed E-state index contributed by atoms with van der Waals surface area (Å²) in [5.41, 5.74) is 1.30. The Bertz CT molecular complexity index is 1860. The lowest BCUT2D eigenvalue weighted by Crippen LogP contribution is -2.36. The molecule has 0 aliphatic heterocycles. The third kappa shape index (κ3) is 54.1. The number of rotatable bonds is 68. The maximum atomic E-state index is 12.8. The molecule has 0 spiro atoms. The maximum Gasteiger partial charge on any atom is 0.472 e. The predicted octanol–water partition coefficient (Wildman–Crippen LogP) is 0.974. The summed E-state index contributed by atoms with van der Waals surface area (Å²) in [6, 6.07) is 6.86. The van der Waals surface area contributed by atoms with Crippen molar-refractivity contribution >= 4 is 39.6 Å². The van der Waals surface area contributed by atoms with E-state index in [0.717, 1.165) is 5.56 Å². The van der Waals surface area contributed by atoms with Crippen molar-refractivity contribution < 1.29 is 137 Å². The summed E-state index contributed by atoms with van der Waals surface area (Å²) in [5, 5.41) is 11.9. The molecule has 0 aliphatic carbocycles. The zero-order valence-corrected chi connectivity index (χ0v) is 54.8. The average molecular weight is 1350 g/mol. The molecule has 0 aliphatic rings. The standard InChI is InChI=1S/C55H102N4O29P2/c1-56-55(62)49-10-8-48(9-11-49)40-59-84-15-7-6-13-57-53(60)12-14-58-54(61)47-83-50(41-77-30-28-75-36-38-85-89(63,64)87-51(43-79-32-24-71-20-16-67-2)44-80-33-25-72-21-17-68-3)42-78-31-29-76-37-39-86-90(65,66)88-52(45-81-34-26-73-22-18-69-4)46-82-35-27-74-23-19-70-5/h8-11,40,50-52H,6-7,12-39,41-47H2,1-5H3,(H,56,62)(H,57,60)(H,58,61)(H,63,64)(H,65,66)/b59-40-. The first-order valence-electron chi connectivity index (χ1n) is 29.6. The van der Waals surface area contributed by atoms with Crippen LogP contribution in [0.3, 0.4) is 0 Å². The van der Waals surface area contributed by atoms with Gasteiger partial charge in [-0.1, -0.05) is 17.3 Å². The zero-order valence-electron chi connectivity index (χ0n) is 53.0. The van der Waals surface area contributed by atoms with E-state index in [-0.39, 0.29) is 170 Å². The highest BCUT2D eigenvalue weighted by atomic mass is 31.2. The van der Waals surface area contributed by atoms with Crippen LogP contribution in [0.2, 0.25) is 0 Å².